The smallest absolute Gasteiger partial charge is 0.243 e. The van der Waals surface area contributed by atoms with Gasteiger partial charge in [-0.05, 0) is 48.7 Å². The number of piperidine rings is 1. The molecule has 0 spiro atoms. The van der Waals surface area contributed by atoms with E-state index in [0.29, 0.717) is 19.4 Å². The maximum atomic E-state index is 13.3. The number of amides is 1. The SMILES string of the molecule is CN(Cc1ccc(F)cc1)C(=O)C1CCN(S(=O)(=O)c2ccc(F)c(Cl)c2)CC1. The third-order valence-corrected chi connectivity index (χ3v) is 7.23. The first-order valence-electron chi connectivity index (χ1n) is 9.13. The first kappa shape index (κ1) is 21.7. The van der Waals surface area contributed by atoms with E-state index in [1.807, 2.05) is 0 Å². The fraction of sp³-hybridized carbons (Fsp3) is 0.350. The van der Waals surface area contributed by atoms with E-state index < -0.39 is 15.8 Å². The van der Waals surface area contributed by atoms with Crippen molar-refractivity contribution in [2.45, 2.75) is 24.3 Å². The van der Waals surface area contributed by atoms with E-state index in [2.05, 4.69) is 0 Å². The summed E-state index contributed by atoms with van der Waals surface area (Å²) >= 11 is 5.70. The molecule has 0 bridgehead atoms. The van der Waals surface area contributed by atoms with Crippen LogP contribution in [0.25, 0.3) is 0 Å². The Morgan fingerprint density at radius 3 is 2.34 bits per heavy atom. The Morgan fingerprint density at radius 1 is 1.14 bits per heavy atom. The molecular weight excluding hydrogens is 422 g/mol. The molecule has 9 heteroatoms. The van der Waals surface area contributed by atoms with Crippen molar-refractivity contribution in [1.82, 2.24) is 9.21 Å². The van der Waals surface area contributed by atoms with Gasteiger partial charge in [0.1, 0.15) is 11.6 Å². The van der Waals surface area contributed by atoms with Crippen LogP contribution >= 0.6 is 11.6 Å². The summed E-state index contributed by atoms with van der Waals surface area (Å²) in [4.78, 5) is 14.2. The molecule has 1 heterocycles. The summed E-state index contributed by atoms with van der Waals surface area (Å²) in [6.45, 7) is 0.738. The number of carbonyl (C=O) groups excluding carboxylic acids is 1. The van der Waals surface area contributed by atoms with Gasteiger partial charge >= 0.3 is 0 Å². The number of rotatable bonds is 5. The van der Waals surface area contributed by atoms with Gasteiger partial charge < -0.3 is 4.90 Å². The van der Waals surface area contributed by atoms with E-state index in [9.17, 15) is 22.0 Å². The van der Waals surface area contributed by atoms with Gasteiger partial charge in [-0.2, -0.15) is 4.31 Å². The number of sulfonamides is 1. The number of halogens is 3. The molecule has 156 valence electrons. The standard InChI is InChI=1S/C20H21ClF2N2O3S/c1-24(13-14-2-4-16(22)5-3-14)20(26)15-8-10-25(11-9-15)29(27,28)17-6-7-19(23)18(21)12-17/h2-7,12,15H,8-11,13H2,1H3. The van der Waals surface area contributed by atoms with Crippen LogP contribution in [-0.4, -0.2) is 43.7 Å². The van der Waals surface area contributed by atoms with E-state index in [-0.39, 0.29) is 40.6 Å². The average molecular weight is 443 g/mol. The molecule has 1 amide bonds. The minimum absolute atomic E-state index is 0.0675. The van der Waals surface area contributed by atoms with Gasteiger partial charge in [-0.15, -0.1) is 0 Å². The zero-order valence-electron chi connectivity index (χ0n) is 15.8. The maximum Gasteiger partial charge on any atom is 0.243 e. The van der Waals surface area contributed by atoms with Crippen LogP contribution in [0, 0.1) is 17.6 Å². The third kappa shape index (κ3) is 4.94. The molecule has 0 atom stereocenters. The second-order valence-corrected chi connectivity index (χ2v) is 9.42. The van der Waals surface area contributed by atoms with Gasteiger partial charge in [-0.3, -0.25) is 4.79 Å². The molecule has 0 aromatic heterocycles. The van der Waals surface area contributed by atoms with Crippen molar-refractivity contribution in [3.05, 3.63) is 64.7 Å². The number of carbonyl (C=O) groups is 1. The summed E-state index contributed by atoms with van der Waals surface area (Å²) in [7, 11) is -2.13. The van der Waals surface area contributed by atoms with Gasteiger partial charge in [0, 0.05) is 32.6 Å². The molecule has 0 aliphatic carbocycles. The largest absolute Gasteiger partial charge is 0.341 e. The van der Waals surface area contributed by atoms with E-state index >= 15 is 0 Å². The van der Waals surface area contributed by atoms with Crippen LogP contribution in [-0.2, 0) is 21.4 Å². The van der Waals surface area contributed by atoms with Crippen LogP contribution in [0.1, 0.15) is 18.4 Å². The highest BCUT2D eigenvalue weighted by Gasteiger charge is 2.33. The minimum Gasteiger partial charge on any atom is -0.341 e. The van der Waals surface area contributed by atoms with Gasteiger partial charge in [-0.1, -0.05) is 23.7 Å². The Labute approximate surface area is 173 Å². The summed E-state index contributed by atoms with van der Waals surface area (Å²) in [6, 6.07) is 9.25. The monoisotopic (exact) mass is 442 g/mol. The lowest BCUT2D eigenvalue weighted by Gasteiger charge is -2.32. The molecule has 2 aromatic carbocycles. The molecular formula is C20H21ClF2N2O3S. The fourth-order valence-electron chi connectivity index (χ4n) is 3.38. The van der Waals surface area contributed by atoms with Crippen molar-refractivity contribution >= 4 is 27.5 Å². The van der Waals surface area contributed by atoms with E-state index in [4.69, 9.17) is 11.6 Å². The summed E-state index contributed by atoms with van der Waals surface area (Å²) < 4.78 is 53.1. The van der Waals surface area contributed by atoms with E-state index in [0.717, 1.165) is 17.7 Å². The van der Waals surface area contributed by atoms with Crippen LogP contribution in [0.2, 0.25) is 5.02 Å². The third-order valence-electron chi connectivity index (χ3n) is 5.04. The van der Waals surface area contributed by atoms with Crippen molar-refractivity contribution in [3.8, 4) is 0 Å². The zero-order chi connectivity index (χ0) is 21.2. The molecule has 1 aliphatic rings. The molecule has 0 N–H and O–H groups in total. The molecule has 0 saturated carbocycles. The Bertz CT molecular complexity index is 991. The average Bonchev–Trinajstić information content (AvgIpc) is 2.71. The summed E-state index contributed by atoms with van der Waals surface area (Å²) in [5.74, 6) is -1.38. The molecule has 0 radical (unpaired) electrons. The van der Waals surface area contributed by atoms with Crippen LogP contribution in [0.4, 0.5) is 8.78 Å². The highest BCUT2D eigenvalue weighted by molar-refractivity contribution is 7.89. The minimum atomic E-state index is -3.80. The van der Waals surface area contributed by atoms with Crippen molar-refractivity contribution in [3.63, 3.8) is 0 Å². The predicted molar refractivity (Wildman–Crippen MR) is 106 cm³/mol. The molecule has 5 nitrogen and oxygen atoms in total. The number of hydrogen-bond acceptors (Lipinski definition) is 3. The van der Waals surface area contributed by atoms with Gasteiger partial charge in [0.15, 0.2) is 0 Å². The summed E-state index contributed by atoms with van der Waals surface area (Å²) in [6.07, 6.45) is 0.779. The van der Waals surface area contributed by atoms with Crippen LogP contribution < -0.4 is 0 Å². The van der Waals surface area contributed by atoms with Gasteiger partial charge in [0.05, 0.1) is 9.92 Å². The number of benzene rings is 2. The summed E-state index contributed by atoms with van der Waals surface area (Å²) in [5, 5.41) is -0.251. The number of hydrogen-bond donors (Lipinski definition) is 0. The normalized spacial score (nSPS) is 16.0. The van der Waals surface area contributed by atoms with Crippen molar-refractivity contribution < 1.29 is 22.0 Å². The lowest BCUT2D eigenvalue weighted by molar-refractivity contribution is -0.135. The Morgan fingerprint density at radius 2 is 1.76 bits per heavy atom. The van der Waals surface area contributed by atoms with E-state index in [1.54, 1.807) is 24.1 Å². The lowest BCUT2D eigenvalue weighted by atomic mass is 9.96. The maximum absolute atomic E-state index is 13.3. The number of nitrogens with zero attached hydrogens (tertiary/aromatic N) is 2. The van der Waals surface area contributed by atoms with Gasteiger partial charge in [0.2, 0.25) is 15.9 Å². The van der Waals surface area contributed by atoms with Gasteiger partial charge in [0.25, 0.3) is 0 Å². The topological polar surface area (TPSA) is 57.7 Å². The van der Waals surface area contributed by atoms with Crippen molar-refractivity contribution in [2.75, 3.05) is 20.1 Å². The first-order valence-corrected chi connectivity index (χ1v) is 10.9. The molecule has 1 fully saturated rings. The molecule has 1 aliphatic heterocycles. The van der Waals surface area contributed by atoms with Crippen molar-refractivity contribution in [2.24, 2.45) is 5.92 Å². The fourth-order valence-corrected chi connectivity index (χ4v) is 5.12. The summed E-state index contributed by atoms with van der Waals surface area (Å²) in [5.41, 5.74) is 0.815. The molecule has 2 aromatic rings. The Balaban J connectivity index is 1.61. The van der Waals surface area contributed by atoms with Gasteiger partial charge in [-0.25, -0.2) is 17.2 Å². The van der Waals surface area contributed by atoms with Crippen LogP contribution in [0.3, 0.4) is 0 Å². The highest BCUT2D eigenvalue weighted by atomic mass is 35.5. The van der Waals surface area contributed by atoms with Crippen LogP contribution in [0.15, 0.2) is 47.4 Å². The Kier molecular flexibility index (Phi) is 6.55. The highest BCUT2D eigenvalue weighted by Crippen LogP contribution is 2.27. The second-order valence-electron chi connectivity index (χ2n) is 7.08. The first-order chi connectivity index (χ1) is 13.7. The second kappa shape index (κ2) is 8.77. The predicted octanol–water partition coefficient (Wildman–Crippen LogP) is 3.68. The van der Waals surface area contributed by atoms with Crippen molar-refractivity contribution in [1.29, 1.82) is 0 Å². The molecule has 3 rings (SSSR count). The lowest BCUT2D eigenvalue weighted by Crippen LogP contribution is -2.43. The van der Waals surface area contributed by atoms with Crippen LogP contribution in [0.5, 0.6) is 0 Å². The quantitative estimate of drug-likeness (QED) is 0.709. The molecule has 29 heavy (non-hydrogen) atoms. The molecule has 0 unspecified atom stereocenters. The zero-order valence-corrected chi connectivity index (χ0v) is 17.4. The molecule has 1 saturated heterocycles. The van der Waals surface area contributed by atoms with E-state index in [1.165, 1.54) is 22.5 Å². The Hall–Kier alpha value is -2.03.